The van der Waals surface area contributed by atoms with Crippen LogP contribution in [0.5, 0.6) is 0 Å². The maximum atomic E-state index is 5.70. The molecule has 0 heterocycles. The number of hydrogen-bond acceptors (Lipinski definition) is 1. The minimum absolute atomic E-state index is 0. The summed E-state index contributed by atoms with van der Waals surface area (Å²) in [6.07, 6.45) is 0. The molecule has 2 aromatic rings. The Labute approximate surface area is 86.2 Å². The minimum atomic E-state index is 0. The van der Waals surface area contributed by atoms with Gasteiger partial charge in [-0.15, -0.1) is 0 Å². The van der Waals surface area contributed by atoms with E-state index in [9.17, 15) is 0 Å². The molecule has 0 aliphatic carbocycles. The first-order valence-corrected chi connectivity index (χ1v) is 4.27. The van der Waals surface area contributed by atoms with Gasteiger partial charge in [0, 0.05) is 14.1 Å². The van der Waals surface area contributed by atoms with E-state index in [2.05, 4.69) is 18.2 Å². The molecule has 0 saturated carbocycles. The Balaban J connectivity index is 0.000000980. The molecular formula is C12H11BN. The fourth-order valence-electron chi connectivity index (χ4n) is 1.35. The lowest BCUT2D eigenvalue weighted by atomic mass is 10.1. The largest absolute Gasteiger partial charge is 0.399 e. The summed E-state index contributed by atoms with van der Waals surface area (Å²) in [7, 11) is 0. The SMILES string of the molecule is Nc1cccc(-c2ccccc2)c1.[B]. The molecule has 2 heteroatoms. The lowest BCUT2D eigenvalue weighted by molar-refractivity contribution is 1.61. The molecule has 3 radical (unpaired) electrons. The van der Waals surface area contributed by atoms with Crippen molar-refractivity contribution in [3.8, 4) is 11.1 Å². The molecule has 2 rings (SSSR count). The predicted octanol–water partition coefficient (Wildman–Crippen LogP) is 2.56. The summed E-state index contributed by atoms with van der Waals surface area (Å²) in [4.78, 5) is 0. The second-order valence-electron chi connectivity index (χ2n) is 2.99. The first kappa shape index (κ1) is 10.4. The van der Waals surface area contributed by atoms with Crippen molar-refractivity contribution in [2.24, 2.45) is 0 Å². The van der Waals surface area contributed by atoms with E-state index < -0.39 is 0 Å². The molecule has 0 aliphatic rings. The molecular weight excluding hydrogens is 169 g/mol. The van der Waals surface area contributed by atoms with Crippen LogP contribution in [0.25, 0.3) is 11.1 Å². The average Bonchev–Trinajstić information content (AvgIpc) is 2.19. The molecule has 0 saturated heterocycles. The van der Waals surface area contributed by atoms with E-state index in [1.54, 1.807) is 0 Å². The summed E-state index contributed by atoms with van der Waals surface area (Å²) in [6, 6.07) is 18.1. The van der Waals surface area contributed by atoms with Gasteiger partial charge in [-0.2, -0.15) is 0 Å². The number of nitrogens with two attached hydrogens (primary N) is 1. The van der Waals surface area contributed by atoms with E-state index in [1.165, 1.54) is 11.1 Å². The van der Waals surface area contributed by atoms with Crippen molar-refractivity contribution in [1.29, 1.82) is 0 Å². The van der Waals surface area contributed by atoms with Gasteiger partial charge in [-0.3, -0.25) is 0 Å². The zero-order valence-corrected chi connectivity index (χ0v) is 7.85. The highest BCUT2D eigenvalue weighted by molar-refractivity contribution is 5.75. The number of hydrogen-bond donors (Lipinski definition) is 1. The fourth-order valence-corrected chi connectivity index (χ4v) is 1.35. The molecule has 0 aromatic heterocycles. The number of benzene rings is 2. The van der Waals surface area contributed by atoms with E-state index >= 15 is 0 Å². The quantitative estimate of drug-likeness (QED) is 0.529. The molecule has 1 nitrogen and oxygen atoms in total. The normalized spacial score (nSPS) is 9.14. The monoisotopic (exact) mass is 180 g/mol. The smallest absolute Gasteiger partial charge is 0.0320 e. The summed E-state index contributed by atoms with van der Waals surface area (Å²) in [5.41, 5.74) is 8.87. The third-order valence-corrected chi connectivity index (χ3v) is 1.99. The second kappa shape index (κ2) is 4.52. The van der Waals surface area contributed by atoms with E-state index in [4.69, 9.17) is 5.73 Å². The Morgan fingerprint density at radius 2 is 1.36 bits per heavy atom. The van der Waals surface area contributed by atoms with Crippen molar-refractivity contribution in [2.45, 2.75) is 0 Å². The highest BCUT2D eigenvalue weighted by atomic mass is 14.5. The topological polar surface area (TPSA) is 26.0 Å². The van der Waals surface area contributed by atoms with Gasteiger partial charge in [0.25, 0.3) is 0 Å². The zero-order chi connectivity index (χ0) is 9.10. The molecule has 0 atom stereocenters. The van der Waals surface area contributed by atoms with Gasteiger partial charge in [0.2, 0.25) is 0 Å². The Morgan fingerprint density at radius 1 is 0.714 bits per heavy atom. The first-order chi connectivity index (χ1) is 6.36. The molecule has 0 amide bonds. The summed E-state index contributed by atoms with van der Waals surface area (Å²) < 4.78 is 0. The van der Waals surface area contributed by atoms with Gasteiger partial charge in [0.05, 0.1) is 0 Å². The van der Waals surface area contributed by atoms with Gasteiger partial charge in [0.15, 0.2) is 0 Å². The van der Waals surface area contributed by atoms with Gasteiger partial charge in [0.1, 0.15) is 0 Å². The van der Waals surface area contributed by atoms with Crippen LogP contribution in [-0.2, 0) is 0 Å². The van der Waals surface area contributed by atoms with Crippen LogP contribution in [0.2, 0.25) is 0 Å². The summed E-state index contributed by atoms with van der Waals surface area (Å²) in [5, 5.41) is 0. The van der Waals surface area contributed by atoms with Crippen LogP contribution in [0, 0.1) is 0 Å². The lowest BCUT2D eigenvalue weighted by Crippen LogP contribution is -1.84. The summed E-state index contributed by atoms with van der Waals surface area (Å²) >= 11 is 0. The van der Waals surface area contributed by atoms with Crippen LogP contribution in [0.4, 0.5) is 5.69 Å². The van der Waals surface area contributed by atoms with Crippen LogP contribution in [0.3, 0.4) is 0 Å². The van der Waals surface area contributed by atoms with Crippen LogP contribution in [0.15, 0.2) is 54.6 Å². The van der Waals surface area contributed by atoms with Crippen molar-refractivity contribution < 1.29 is 0 Å². The molecule has 0 spiro atoms. The van der Waals surface area contributed by atoms with Gasteiger partial charge < -0.3 is 5.73 Å². The standard InChI is InChI=1S/C12H11N.B/c13-12-8-4-7-11(9-12)10-5-2-1-3-6-10;/h1-9H,13H2;. The molecule has 0 aliphatic heterocycles. The van der Waals surface area contributed by atoms with Crippen molar-refractivity contribution >= 4 is 14.1 Å². The predicted molar refractivity (Wildman–Crippen MR) is 62.0 cm³/mol. The van der Waals surface area contributed by atoms with Crippen molar-refractivity contribution in [1.82, 2.24) is 0 Å². The summed E-state index contributed by atoms with van der Waals surface area (Å²) in [5.74, 6) is 0. The molecule has 0 fully saturated rings. The molecule has 2 aromatic carbocycles. The molecule has 2 N–H and O–H groups in total. The van der Waals surface area contributed by atoms with Crippen LogP contribution in [0.1, 0.15) is 0 Å². The Kier molecular flexibility index (Phi) is 3.35. The highest BCUT2D eigenvalue weighted by Gasteiger charge is 1.94. The lowest BCUT2D eigenvalue weighted by Gasteiger charge is -2.01. The highest BCUT2D eigenvalue weighted by Crippen LogP contribution is 2.20. The van der Waals surface area contributed by atoms with Gasteiger partial charge in [-0.1, -0.05) is 42.5 Å². The maximum Gasteiger partial charge on any atom is 0.0320 e. The van der Waals surface area contributed by atoms with Crippen LogP contribution >= 0.6 is 0 Å². The number of anilines is 1. The Hall–Kier alpha value is -1.70. The van der Waals surface area contributed by atoms with Gasteiger partial charge in [-0.05, 0) is 23.3 Å². The second-order valence-corrected chi connectivity index (χ2v) is 2.99. The molecule has 0 unspecified atom stereocenters. The molecule has 14 heavy (non-hydrogen) atoms. The number of rotatable bonds is 1. The Bertz CT molecular complexity index is 398. The molecule has 0 bridgehead atoms. The van der Waals surface area contributed by atoms with Gasteiger partial charge in [-0.25, -0.2) is 0 Å². The molecule has 67 valence electrons. The van der Waals surface area contributed by atoms with Gasteiger partial charge >= 0.3 is 0 Å². The third kappa shape index (κ3) is 2.16. The maximum absolute atomic E-state index is 5.70. The number of nitrogen functional groups attached to an aromatic ring is 1. The van der Waals surface area contributed by atoms with Crippen LogP contribution in [-0.4, -0.2) is 8.41 Å². The Morgan fingerprint density at radius 3 is 2.00 bits per heavy atom. The first-order valence-electron chi connectivity index (χ1n) is 4.27. The zero-order valence-electron chi connectivity index (χ0n) is 7.85. The summed E-state index contributed by atoms with van der Waals surface area (Å²) in [6.45, 7) is 0. The van der Waals surface area contributed by atoms with Crippen LogP contribution < -0.4 is 5.73 Å². The minimum Gasteiger partial charge on any atom is -0.399 e. The van der Waals surface area contributed by atoms with Crippen molar-refractivity contribution in [3.63, 3.8) is 0 Å². The van der Waals surface area contributed by atoms with E-state index in [0.717, 1.165) is 5.69 Å². The fraction of sp³-hybridized carbons (Fsp3) is 0. The van der Waals surface area contributed by atoms with E-state index in [0.29, 0.717) is 0 Å². The third-order valence-electron chi connectivity index (χ3n) is 1.99. The van der Waals surface area contributed by atoms with Crippen molar-refractivity contribution in [2.75, 3.05) is 5.73 Å². The van der Waals surface area contributed by atoms with E-state index in [1.807, 2.05) is 36.4 Å². The average molecular weight is 180 g/mol. The van der Waals surface area contributed by atoms with Crippen molar-refractivity contribution in [3.05, 3.63) is 54.6 Å². The van der Waals surface area contributed by atoms with E-state index in [-0.39, 0.29) is 8.41 Å².